The largest absolute Gasteiger partial charge is 0.491 e. The lowest BCUT2D eigenvalue weighted by atomic mass is 10.2. The van der Waals surface area contributed by atoms with Gasteiger partial charge in [0.2, 0.25) is 0 Å². The number of halogens is 1. The van der Waals surface area contributed by atoms with Gasteiger partial charge in [-0.15, -0.1) is 0 Å². The van der Waals surface area contributed by atoms with E-state index in [0.717, 1.165) is 10.1 Å². The fraction of sp³-hybridized carbons (Fsp3) is 0.353. The molecule has 0 radical (unpaired) electrons. The molecule has 0 amide bonds. The first-order chi connectivity index (χ1) is 12.3. The maximum Gasteiger partial charge on any atom is 0.332 e. The molecule has 0 saturated carbocycles. The number of para-hydroxylation sites is 1. The van der Waals surface area contributed by atoms with Gasteiger partial charge in [0, 0.05) is 14.1 Å². The van der Waals surface area contributed by atoms with Crippen molar-refractivity contribution in [2.75, 3.05) is 6.61 Å². The lowest BCUT2D eigenvalue weighted by Gasteiger charge is -2.15. The molecule has 2 heterocycles. The lowest BCUT2D eigenvalue weighted by molar-refractivity contribution is 0.0925. The lowest BCUT2D eigenvalue weighted by Crippen LogP contribution is -2.38. The van der Waals surface area contributed by atoms with Crippen LogP contribution in [0.1, 0.15) is 5.56 Å². The van der Waals surface area contributed by atoms with Gasteiger partial charge in [-0.05, 0) is 34.5 Å². The van der Waals surface area contributed by atoms with Gasteiger partial charge >= 0.3 is 5.69 Å². The van der Waals surface area contributed by atoms with Crippen molar-refractivity contribution in [1.82, 2.24) is 18.7 Å². The first-order valence-electron chi connectivity index (χ1n) is 7.99. The molecule has 0 fully saturated rings. The van der Waals surface area contributed by atoms with Gasteiger partial charge < -0.3 is 14.4 Å². The topological polar surface area (TPSA) is 91.3 Å². The fourth-order valence-electron chi connectivity index (χ4n) is 2.75. The number of aryl methyl sites for hydroxylation is 2. The average Bonchev–Trinajstić information content (AvgIpc) is 2.94. The first-order valence-corrected chi connectivity index (χ1v) is 8.78. The highest BCUT2D eigenvalue weighted by molar-refractivity contribution is 9.10. The minimum atomic E-state index is -0.870. The van der Waals surface area contributed by atoms with E-state index in [9.17, 15) is 14.7 Å². The van der Waals surface area contributed by atoms with Gasteiger partial charge in [0.25, 0.3) is 5.56 Å². The maximum atomic E-state index is 12.5. The molecule has 9 heteroatoms. The molecule has 1 aromatic carbocycles. The second kappa shape index (κ2) is 7.08. The quantitative estimate of drug-likeness (QED) is 0.617. The maximum absolute atomic E-state index is 12.5. The van der Waals surface area contributed by atoms with Crippen LogP contribution in [-0.4, -0.2) is 36.5 Å². The second-order valence-electron chi connectivity index (χ2n) is 6.10. The van der Waals surface area contributed by atoms with Crippen LogP contribution in [-0.2, 0) is 20.6 Å². The third kappa shape index (κ3) is 3.19. The van der Waals surface area contributed by atoms with E-state index >= 15 is 0 Å². The van der Waals surface area contributed by atoms with Gasteiger partial charge in [0.1, 0.15) is 18.5 Å². The zero-order chi connectivity index (χ0) is 19.0. The van der Waals surface area contributed by atoms with Crippen molar-refractivity contribution < 1.29 is 9.84 Å². The first kappa shape index (κ1) is 18.4. The number of hydrogen-bond acceptors (Lipinski definition) is 5. The van der Waals surface area contributed by atoms with E-state index in [0.29, 0.717) is 10.5 Å². The third-order valence-corrected chi connectivity index (χ3v) is 4.82. The van der Waals surface area contributed by atoms with Crippen LogP contribution < -0.4 is 16.0 Å². The van der Waals surface area contributed by atoms with E-state index in [4.69, 9.17) is 4.74 Å². The number of rotatable bonds is 5. The molecule has 2 aromatic heterocycles. The molecule has 0 aliphatic rings. The summed E-state index contributed by atoms with van der Waals surface area (Å²) >= 11 is 3.30. The average molecular weight is 423 g/mol. The monoisotopic (exact) mass is 422 g/mol. The molecular weight excluding hydrogens is 404 g/mol. The van der Waals surface area contributed by atoms with Crippen LogP contribution >= 0.6 is 15.9 Å². The van der Waals surface area contributed by atoms with Crippen molar-refractivity contribution >= 4 is 27.1 Å². The highest BCUT2D eigenvalue weighted by Crippen LogP contribution is 2.19. The minimum Gasteiger partial charge on any atom is -0.491 e. The van der Waals surface area contributed by atoms with E-state index in [1.54, 1.807) is 11.6 Å². The van der Waals surface area contributed by atoms with E-state index < -0.39 is 17.4 Å². The Balaban J connectivity index is 1.89. The van der Waals surface area contributed by atoms with Crippen LogP contribution in [0, 0.1) is 6.92 Å². The van der Waals surface area contributed by atoms with Crippen LogP contribution in [0.2, 0.25) is 0 Å². The predicted octanol–water partition coefficient (Wildman–Crippen LogP) is 0.945. The highest BCUT2D eigenvalue weighted by Gasteiger charge is 2.20. The van der Waals surface area contributed by atoms with Crippen molar-refractivity contribution in [3.63, 3.8) is 0 Å². The zero-order valence-corrected chi connectivity index (χ0v) is 16.2. The zero-order valence-electron chi connectivity index (χ0n) is 14.6. The third-order valence-electron chi connectivity index (χ3n) is 4.22. The SMILES string of the molecule is Cc1ccccc1OC[C@@H](O)Cn1c(Br)nc2c1c(=O)n(C)c(=O)n2C. The molecule has 1 atom stereocenters. The van der Waals surface area contributed by atoms with E-state index in [1.165, 1.54) is 11.6 Å². The summed E-state index contributed by atoms with van der Waals surface area (Å²) in [6.07, 6.45) is -0.870. The summed E-state index contributed by atoms with van der Waals surface area (Å²) in [7, 11) is 2.96. The Hall–Kier alpha value is -2.39. The van der Waals surface area contributed by atoms with E-state index in [2.05, 4.69) is 20.9 Å². The van der Waals surface area contributed by atoms with E-state index in [1.807, 2.05) is 31.2 Å². The molecule has 0 aliphatic heterocycles. The second-order valence-corrected chi connectivity index (χ2v) is 6.81. The fourth-order valence-corrected chi connectivity index (χ4v) is 3.24. The van der Waals surface area contributed by atoms with Crippen molar-refractivity contribution in [2.45, 2.75) is 19.6 Å². The molecule has 0 bridgehead atoms. The number of ether oxygens (including phenoxy) is 1. The number of fused-ring (bicyclic) bond motifs is 1. The van der Waals surface area contributed by atoms with Gasteiger partial charge in [-0.25, -0.2) is 9.78 Å². The summed E-state index contributed by atoms with van der Waals surface area (Å²) in [5, 5.41) is 10.4. The van der Waals surface area contributed by atoms with Gasteiger partial charge in [0.15, 0.2) is 15.9 Å². The Morgan fingerprint density at radius 2 is 1.92 bits per heavy atom. The summed E-state index contributed by atoms with van der Waals surface area (Å²) < 4.78 is 9.88. The highest BCUT2D eigenvalue weighted by atomic mass is 79.9. The Morgan fingerprint density at radius 1 is 1.23 bits per heavy atom. The van der Waals surface area contributed by atoms with Crippen LogP contribution in [0.5, 0.6) is 5.75 Å². The van der Waals surface area contributed by atoms with E-state index in [-0.39, 0.29) is 24.3 Å². The molecule has 0 saturated heterocycles. The Morgan fingerprint density at radius 3 is 2.62 bits per heavy atom. The van der Waals surface area contributed by atoms with Gasteiger partial charge in [-0.3, -0.25) is 13.9 Å². The number of imidazole rings is 1. The number of benzene rings is 1. The predicted molar refractivity (Wildman–Crippen MR) is 101 cm³/mol. The molecule has 0 aliphatic carbocycles. The number of hydrogen-bond donors (Lipinski definition) is 1. The van der Waals surface area contributed by atoms with Crippen LogP contribution in [0.4, 0.5) is 0 Å². The molecular formula is C17H19BrN4O4. The molecule has 0 spiro atoms. The van der Waals surface area contributed by atoms with Crippen molar-refractivity contribution in [2.24, 2.45) is 14.1 Å². The molecule has 1 N–H and O–H groups in total. The normalized spacial score (nSPS) is 12.5. The summed E-state index contributed by atoms with van der Waals surface area (Å²) in [6.45, 7) is 2.07. The van der Waals surface area contributed by atoms with Gasteiger partial charge in [0.05, 0.1) is 6.54 Å². The molecule has 138 valence electrons. The molecule has 3 rings (SSSR count). The molecule has 8 nitrogen and oxygen atoms in total. The number of nitrogens with zero attached hydrogens (tertiary/aromatic N) is 4. The van der Waals surface area contributed by atoms with Crippen LogP contribution in [0.3, 0.4) is 0 Å². The Labute approximate surface area is 157 Å². The number of aliphatic hydroxyl groups is 1. The van der Waals surface area contributed by atoms with Crippen molar-refractivity contribution in [1.29, 1.82) is 0 Å². The summed E-state index contributed by atoms with van der Waals surface area (Å²) in [5.74, 6) is 0.694. The number of aliphatic hydroxyl groups excluding tert-OH is 1. The summed E-state index contributed by atoms with van der Waals surface area (Å²) in [6, 6.07) is 7.52. The minimum absolute atomic E-state index is 0.0586. The van der Waals surface area contributed by atoms with Crippen LogP contribution in [0.25, 0.3) is 11.2 Å². The molecule has 3 aromatic rings. The standard InChI is InChI=1S/C17H19BrN4O4/c1-10-6-4-5-7-12(10)26-9-11(23)8-22-13-14(19-16(22)18)20(2)17(25)21(3)15(13)24/h4-7,11,23H,8-9H2,1-3H3/t11-/m0/s1. The van der Waals surface area contributed by atoms with Crippen LogP contribution in [0.15, 0.2) is 38.6 Å². The van der Waals surface area contributed by atoms with Crippen molar-refractivity contribution in [3.05, 3.63) is 55.4 Å². The summed E-state index contributed by atoms with van der Waals surface area (Å²) in [4.78, 5) is 28.8. The molecule has 26 heavy (non-hydrogen) atoms. The van der Waals surface area contributed by atoms with Gasteiger partial charge in [-0.1, -0.05) is 18.2 Å². The van der Waals surface area contributed by atoms with Gasteiger partial charge in [-0.2, -0.15) is 0 Å². The Bertz CT molecular complexity index is 1080. The van der Waals surface area contributed by atoms with Crippen molar-refractivity contribution in [3.8, 4) is 5.75 Å². The smallest absolute Gasteiger partial charge is 0.332 e. The Kier molecular flexibility index (Phi) is 5.01. The number of aromatic nitrogens is 4. The molecule has 0 unspecified atom stereocenters. The summed E-state index contributed by atoms with van der Waals surface area (Å²) in [5.41, 5.74) is 0.558.